The number of sulfonamides is 1. The Morgan fingerprint density at radius 2 is 1.95 bits per heavy atom. The number of amides is 1. The highest BCUT2D eigenvalue weighted by Gasteiger charge is 2.23. The van der Waals surface area contributed by atoms with Gasteiger partial charge in [0.15, 0.2) is 5.82 Å². The van der Waals surface area contributed by atoms with Crippen molar-refractivity contribution < 1.29 is 26.4 Å². The average Bonchev–Trinajstić information content (AvgIpc) is 2.87. The van der Waals surface area contributed by atoms with Crippen molar-refractivity contribution in [3.05, 3.63) is 47.7 Å². The third kappa shape index (κ3) is 2.48. The smallest absolute Gasteiger partial charge is 0.295 e. The highest BCUT2D eigenvalue weighted by Crippen LogP contribution is 2.23. The van der Waals surface area contributed by atoms with Gasteiger partial charge in [0.25, 0.3) is 15.9 Å². The van der Waals surface area contributed by atoms with Crippen molar-refractivity contribution in [3.8, 4) is 0 Å². The summed E-state index contributed by atoms with van der Waals surface area (Å²) in [4.78, 5) is 10.9. The summed E-state index contributed by atoms with van der Waals surface area (Å²) in [5.41, 5.74) is 3.19. The van der Waals surface area contributed by atoms with Gasteiger partial charge in [0, 0.05) is 0 Å². The zero-order valence-corrected chi connectivity index (χ0v) is 10.6. The van der Waals surface area contributed by atoms with Crippen LogP contribution in [-0.4, -0.2) is 14.3 Å². The number of rotatable bonds is 4. The number of nitrogens with one attached hydrogen (secondary N) is 1. The summed E-state index contributed by atoms with van der Waals surface area (Å²) in [6.45, 7) is 0. The molecule has 1 aromatic carbocycles. The van der Waals surface area contributed by atoms with E-state index in [1.165, 1.54) is 6.07 Å². The molecular formula is C11H8F2N2O4S. The van der Waals surface area contributed by atoms with E-state index in [0.29, 0.717) is 0 Å². The molecule has 9 heteroatoms. The first-order valence-electron chi connectivity index (χ1n) is 5.17. The van der Waals surface area contributed by atoms with Crippen LogP contribution in [0.5, 0.6) is 0 Å². The second kappa shape index (κ2) is 4.93. The van der Waals surface area contributed by atoms with E-state index in [1.807, 2.05) is 4.72 Å². The maximum atomic E-state index is 13.9. The summed E-state index contributed by atoms with van der Waals surface area (Å²) in [5.74, 6) is -3.93. The Hall–Kier alpha value is -2.42. The molecule has 0 saturated carbocycles. The summed E-state index contributed by atoms with van der Waals surface area (Å²) in [5, 5.41) is -0.457. The summed E-state index contributed by atoms with van der Waals surface area (Å²) in [6, 6.07) is 4.02. The molecule has 6 nitrogen and oxygen atoms in total. The van der Waals surface area contributed by atoms with E-state index in [0.717, 1.165) is 24.5 Å². The fourth-order valence-electron chi connectivity index (χ4n) is 1.47. The first kappa shape index (κ1) is 14.0. The second-order valence-electron chi connectivity index (χ2n) is 3.69. The van der Waals surface area contributed by atoms with Gasteiger partial charge in [0.1, 0.15) is 11.4 Å². The van der Waals surface area contributed by atoms with Gasteiger partial charge in [0.2, 0.25) is 5.09 Å². The molecule has 1 aromatic heterocycles. The number of carbonyl (C=O) groups is 1. The molecule has 2 rings (SSSR count). The predicted octanol–water partition coefficient (Wildman–Crippen LogP) is 1.46. The van der Waals surface area contributed by atoms with Gasteiger partial charge in [-0.2, -0.15) is 8.42 Å². The normalized spacial score (nSPS) is 11.3. The van der Waals surface area contributed by atoms with Crippen LogP contribution < -0.4 is 10.5 Å². The van der Waals surface area contributed by atoms with Crippen molar-refractivity contribution in [2.24, 2.45) is 5.73 Å². The number of hydrogen-bond donors (Lipinski definition) is 2. The van der Waals surface area contributed by atoms with Gasteiger partial charge in [0.05, 0.1) is 12.0 Å². The molecule has 0 unspecified atom stereocenters. The number of benzene rings is 1. The Bertz CT molecular complexity index is 757. The second-order valence-corrected chi connectivity index (χ2v) is 5.30. The molecule has 0 spiro atoms. The molecule has 0 aliphatic heterocycles. The molecule has 1 heterocycles. The van der Waals surface area contributed by atoms with Crippen molar-refractivity contribution in [2.45, 2.75) is 5.09 Å². The number of primary amides is 1. The van der Waals surface area contributed by atoms with Gasteiger partial charge >= 0.3 is 0 Å². The van der Waals surface area contributed by atoms with E-state index < -0.39 is 43.9 Å². The van der Waals surface area contributed by atoms with E-state index in [9.17, 15) is 22.0 Å². The van der Waals surface area contributed by atoms with Crippen LogP contribution in [0.3, 0.4) is 0 Å². The summed E-state index contributed by atoms with van der Waals surface area (Å²) in [7, 11) is -4.18. The topological polar surface area (TPSA) is 102 Å². The Labute approximate surface area is 112 Å². The average molecular weight is 302 g/mol. The van der Waals surface area contributed by atoms with Gasteiger partial charge in [-0.1, -0.05) is 0 Å². The number of furan rings is 1. The van der Waals surface area contributed by atoms with Crippen molar-refractivity contribution >= 4 is 21.6 Å². The van der Waals surface area contributed by atoms with Crippen LogP contribution in [0.2, 0.25) is 0 Å². The molecule has 0 radical (unpaired) electrons. The minimum absolute atomic E-state index is 0.457. The van der Waals surface area contributed by atoms with Crippen LogP contribution in [-0.2, 0) is 10.0 Å². The quantitative estimate of drug-likeness (QED) is 0.892. The molecule has 1 amide bonds. The van der Waals surface area contributed by atoms with Crippen molar-refractivity contribution in [2.75, 3.05) is 4.72 Å². The molecule has 0 atom stereocenters. The third-order valence-corrected chi connectivity index (χ3v) is 3.59. The Morgan fingerprint density at radius 1 is 1.25 bits per heavy atom. The number of hydrogen-bond acceptors (Lipinski definition) is 4. The molecule has 20 heavy (non-hydrogen) atoms. The van der Waals surface area contributed by atoms with Crippen LogP contribution in [0.1, 0.15) is 10.4 Å². The van der Waals surface area contributed by atoms with E-state index >= 15 is 0 Å². The summed E-state index contributed by atoms with van der Waals surface area (Å²) in [6.07, 6.45) is 1.12. The van der Waals surface area contributed by atoms with Gasteiger partial charge in [-0.05, 0) is 24.3 Å². The van der Waals surface area contributed by atoms with Crippen LogP contribution in [0.4, 0.5) is 14.5 Å². The molecule has 106 valence electrons. The van der Waals surface area contributed by atoms with Crippen LogP contribution in [0.25, 0.3) is 0 Å². The standard InChI is InChI=1S/C11H8F2N2O4S/c12-6-3-4-7(10(13)9(6)11(14)16)15-20(17,18)8-2-1-5-19-8/h1-5,15H,(H2,14,16). The van der Waals surface area contributed by atoms with Crippen molar-refractivity contribution in [1.82, 2.24) is 0 Å². The minimum atomic E-state index is -4.18. The number of nitrogens with two attached hydrogens (primary N) is 1. The lowest BCUT2D eigenvalue weighted by molar-refractivity contribution is 0.0992. The minimum Gasteiger partial charge on any atom is -0.451 e. The SMILES string of the molecule is NC(=O)c1c(F)ccc(NS(=O)(=O)c2ccco2)c1F. The maximum absolute atomic E-state index is 13.9. The lowest BCUT2D eigenvalue weighted by Gasteiger charge is -2.09. The zero-order valence-electron chi connectivity index (χ0n) is 9.76. The van der Waals surface area contributed by atoms with E-state index in [1.54, 1.807) is 0 Å². The van der Waals surface area contributed by atoms with E-state index in [2.05, 4.69) is 4.42 Å². The van der Waals surface area contributed by atoms with Crippen LogP contribution in [0.15, 0.2) is 40.0 Å². The molecule has 3 N–H and O–H groups in total. The zero-order chi connectivity index (χ0) is 14.9. The van der Waals surface area contributed by atoms with Crippen molar-refractivity contribution in [3.63, 3.8) is 0 Å². The molecular weight excluding hydrogens is 294 g/mol. The third-order valence-electron chi connectivity index (χ3n) is 2.34. The summed E-state index contributed by atoms with van der Waals surface area (Å²) < 4.78 is 57.2. The van der Waals surface area contributed by atoms with Gasteiger partial charge < -0.3 is 10.2 Å². The van der Waals surface area contributed by atoms with E-state index in [-0.39, 0.29) is 0 Å². The lowest BCUT2D eigenvalue weighted by atomic mass is 10.1. The van der Waals surface area contributed by atoms with Gasteiger partial charge in [-0.25, -0.2) is 8.78 Å². The predicted molar refractivity (Wildman–Crippen MR) is 64.4 cm³/mol. The first-order chi connectivity index (χ1) is 9.33. The largest absolute Gasteiger partial charge is 0.451 e. The first-order valence-corrected chi connectivity index (χ1v) is 6.65. The highest BCUT2D eigenvalue weighted by atomic mass is 32.2. The van der Waals surface area contributed by atoms with Gasteiger partial charge in [-0.15, -0.1) is 0 Å². The van der Waals surface area contributed by atoms with E-state index in [4.69, 9.17) is 5.73 Å². The summed E-state index contributed by atoms with van der Waals surface area (Å²) >= 11 is 0. The monoisotopic (exact) mass is 302 g/mol. The molecule has 0 aliphatic carbocycles. The maximum Gasteiger partial charge on any atom is 0.295 e. The van der Waals surface area contributed by atoms with Gasteiger partial charge in [-0.3, -0.25) is 9.52 Å². The number of anilines is 1. The number of carbonyl (C=O) groups excluding carboxylic acids is 1. The van der Waals surface area contributed by atoms with Crippen LogP contribution >= 0.6 is 0 Å². The Morgan fingerprint density at radius 3 is 2.50 bits per heavy atom. The Kier molecular flexibility index (Phi) is 3.45. The number of halogens is 2. The fraction of sp³-hybridized carbons (Fsp3) is 0. The molecule has 0 bridgehead atoms. The lowest BCUT2D eigenvalue weighted by Crippen LogP contribution is -2.19. The molecule has 0 fully saturated rings. The molecule has 0 saturated heterocycles. The highest BCUT2D eigenvalue weighted by molar-refractivity contribution is 7.92. The van der Waals surface area contributed by atoms with Crippen molar-refractivity contribution in [1.29, 1.82) is 0 Å². The Balaban J connectivity index is 2.46. The molecule has 2 aromatic rings. The fourth-order valence-corrected chi connectivity index (χ4v) is 2.46. The van der Waals surface area contributed by atoms with Crippen LogP contribution in [0, 0.1) is 11.6 Å². The molecule has 0 aliphatic rings.